The van der Waals surface area contributed by atoms with Gasteiger partial charge in [-0.3, -0.25) is 4.79 Å². The minimum Gasteiger partial charge on any atom is -0.352 e. The van der Waals surface area contributed by atoms with Crippen LogP contribution in [-0.4, -0.2) is 26.0 Å². The van der Waals surface area contributed by atoms with Crippen molar-refractivity contribution in [1.29, 1.82) is 0 Å². The van der Waals surface area contributed by atoms with Crippen LogP contribution in [0.3, 0.4) is 0 Å². The molecule has 4 aromatic rings. The van der Waals surface area contributed by atoms with E-state index < -0.39 is 0 Å². The molecule has 0 unspecified atom stereocenters. The number of hydrogen-bond acceptors (Lipinski definition) is 3. The molecule has 0 spiro atoms. The van der Waals surface area contributed by atoms with E-state index in [4.69, 9.17) is 0 Å². The number of carbonyl (C=O) groups is 1. The van der Waals surface area contributed by atoms with Gasteiger partial charge in [-0.15, -0.1) is 0 Å². The maximum atomic E-state index is 12.9. The number of aromatic nitrogens is 3. The van der Waals surface area contributed by atoms with Crippen molar-refractivity contribution in [3.8, 4) is 11.5 Å². The highest BCUT2D eigenvalue weighted by Crippen LogP contribution is 2.23. The minimum atomic E-state index is -0.277. The first-order valence-electron chi connectivity index (χ1n) is 10.1. The molecule has 1 amide bonds. The van der Waals surface area contributed by atoms with Gasteiger partial charge in [0, 0.05) is 42.4 Å². The second-order valence-electron chi connectivity index (χ2n) is 7.04. The standard InChI is InChI=1S/C24H23FN4OS/c25-21-10-8-19(9-11-21)16-26-23(30)12-15-31-18-20-17-27-29(22-6-2-1-3-7-22)24(20)28-13-4-5-14-28/h1-11,13-14,17H,12,15-16,18H2,(H,26,30). The first kappa shape index (κ1) is 20.9. The number of amides is 1. The number of carbonyl (C=O) groups excluding carboxylic acids is 1. The van der Waals surface area contributed by atoms with Gasteiger partial charge in [0.1, 0.15) is 11.6 Å². The highest BCUT2D eigenvalue weighted by atomic mass is 32.2. The van der Waals surface area contributed by atoms with Crippen LogP contribution in [-0.2, 0) is 17.1 Å². The third-order valence-electron chi connectivity index (χ3n) is 4.80. The number of rotatable bonds is 9. The van der Waals surface area contributed by atoms with E-state index in [1.807, 2.05) is 65.7 Å². The first-order valence-corrected chi connectivity index (χ1v) is 11.2. The van der Waals surface area contributed by atoms with Crippen LogP contribution in [0.1, 0.15) is 17.5 Å². The fraction of sp³-hybridized carbons (Fsp3) is 0.167. The van der Waals surface area contributed by atoms with E-state index in [0.717, 1.165) is 28.4 Å². The Balaban J connectivity index is 1.33. The maximum absolute atomic E-state index is 12.9. The molecule has 2 aromatic heterocycles. The highest BCUT2D eigenvalue weighted by Gasteiger charge is 2.14. The van der Waals surface area contributed by atoms with Gasteiger partial charge in [0.15, 0.2) is 0 Å². The molecule has 4 rings (SSSR count). The van der Waals surface area contributed by atoms with Crippen LogP contribution in [0.25, 0.3) is 11.5 Å². The summed E-state index contributed by atoms with van der Waals surface area (Å²) in [6.45, 7) is 0.408. The molecule has 5 nitrogen and oxygen atoms in total. The van der Waals surface area contributed by atoms with E-state index >= 15 is 0 Å². The SMILES string of the molecule is O=C(CCSCc1cnn(-c2ccccc2)c1-n1cccc1)NCc1ccc(F)cc1. The molecule has 0 atom stereocenters. The second kappa shape index (κ2) is 10.1. The van der Waals surface area contributed by atoms with Crippen LogP contribution < -0.4 is 5.32 Å². The van der Waals surface area contributed by atoms with E-state index in [9.17, 15) is 9.18 Å². The van der Waals surface area contributed by atoms with Gasteiger partial charge in [0.25, 0.3) is 0 Å². The molecule has 31 heavy (non-hydrogen) atoms. The molecule has 0 aliphatic heterocycles. The largest absolute Gasteiger partial charge is 0.352 e. The zero-order valence-electron chi connectivity index (χ0n) is 16.9. The van der Waals surface area contributed by atoms with Gasteiger partial charge in [-0.2, -0.15) is 16.9 Å². The van der Waals surface area contributed by atoms with Gasteiger partial charge in [-0.05, 0) is 42.0 Å². The topological polar surface area (TPSA) is 51.9 Å². The van der Waals surface area contributed by atoms with Gasteiger partial charge in [-0.25, -0.2) is 9.07 Å². The van der Waals surface area contributed by atoms with E-state index in [1.54, 1.807) is 23.9 Å². The highest BCUT2D eigenvalue weighted by molar-refractivity contribution is 7.98. The summed E-state index contributed by atoms with van der Waals surface area (Å²) in [5, 5.41) is 7.48. The van der Waals surface area contributed by atoms with Crippen LogP contribution in [0, 0.1) is 5.82 Å². The smallest absolute Gasteiger partial charge is 0.221 e. The van der Waals surface area contributed by atoms with Crippen molar-refractivity contribution >= 4 is 17.7 Å². The van der Waals surface area contributed by atoms with Crippen molar-refractivity contribution in [1.82, 2.24) is 19.7 Å². The maximum Gasteiger partial charge on any atom is 0.221 e. The molecular formula is C24H23FN4OS. The van der Waals surface area contributed by atoms with Gasteiger partial charge in [0.05, 0.1) is 11.9 Å². The third-order valence-corrected chi connectivity index (χ3v) is 5.81. The fourth-order valence-corrected chi connectivity index (χ4v) is 4.12. The normalized spacial score (nSPS) is 10.9. The van der Waals surface area contributed by atoms with Crippen molar-refractivity contribution in [3.63, 3.8) is 0 Å². The monoisotopic (exact) mass is 434 g/mol. The van der Waals surface area contributed by atoms with Crippen LogP contribution in [0.15, 0.2) is 85.3 Å². The van der Waals surface area contributed by atoms with Crippen molar-refractivity contribution < 1.29 is 9.18 Å². The van der Waals surface area contributed by atoms with Gasteiger partial charge in [-0.1, -0.05) is 30.3 Å². The molecule has 0 aliphatic carbocycles. The molecular weight excluding hydrogens is 411 g/mol. The summed E-state index contributed by atoms with van der Waals surface area (Å²) >= 11 is 1.70. The third kappa shape index (κ3) is 5.44. The minimum absolute atomic E-state index is 0.0116. The summed E-state index contributed by atoms with van der Waals surface area (Å²) in [6.07, 6.45) is 6.34. The van der Waals surface area contributed by atoms with E-state index in [1.165, 1.54) is 12.1 Å². The predicted molar refractivity (Wildman–Crippen MR) is 122 cm³/mol. The Morgan fingerprint density at radius 2 is 1.74 bits per heavy atom. The molecule has 0 saturated carbocycles. The van der Waals surface area contributed by atoms with Crippen molar-refractivity contribution in [3.05, 3.63) is 102 Å². The van der Waals surface area contributed by atoms with Crippen molar-refractivity contribution in [2.75, 3.05) is 5.75 Å². The lowest BCUT2D eigenvalue weighted by molar-refractivity contribution is -0.120. The lowest BCUT2D eigenvalue weighted by Gasteiger charge is -2.11. The Morgan fingerprint density at radius 3 is 2.48 bits per heavy atom. The first-order chi connectivity index (χ1) is 15.2. The number of hydrogen-bond donors (Lipinski definition) is 1. The van der Waals surface area contributed by atoms with Gasteiger partial charge < -0.3 is 9.88 Å². The summed E-state index contributed by atoms with van der Waals surface area (Å²) < 4.78 is 16.9. The zero-order chi connectivity index (χ0) is 21.5. The van der Waals surface area contributed by atoms with E-state index in [2.05, 4.69) is 15.0 Å². The lowest BCUT2D eigenvalue weighted by atomic mass is 10.2. The molecule has 7 heteroatoms. The van der Waals surface area contributed by atoms with Crippen LogP contribution in [0.4, 0.5) is 4.39 Å². The molecule has 0 radical (unpaired) electrons. The summed E-state index contributed by atoms with van der Waals surface area (Å²) in [6, 6.07) is 20.2. The van der Waals surface area contributed by atoms with Gasteiger partial charge in [0.2, 0.25) is 5.91 Å². The Kier molecular flexibility index (Phi) is 6.84. The number of benzene rings is 2. The molecule has 2 heterocycles. The van der Waals surface area contributed by atoms with E-state index in [0.29, 0.717) is 18.7 Å². The Hall–Kier alpha value is -3.32. The summed E-state index contributed by atoms with van der Waals surface area (Å²) in [4.78, 5) is 12.1. The number of halogens is 1. The number of para-hydroxylation sites is 1. The fourth-order valence-electron chi connectivity index (χ4n) is 3.23. The number of thioether (sulfide) groups is 1. The average molecular weight is 435 g/mol. The predicted octanol–water partition coefficient (Wildman–Crippen LogP) is 4.74. The summed E-state index contributed by atoms with van der Waals surface area (Å²) in [5.74, 6) is 2.18. The number of nitrogens with one attached hydrogen (secondary N) is 1. The summed E-state index contributed by atoms with van der Waals surface area (Å²) in [5.41, 5.74) is 2.99. The van der Waals surface area contributed by atoms with Crippen molar-refractivity contribution in [2.24, 2.45) is 0 Å². The quantitative estimate of drug-likeness (QED) is 0.387. The molecule has 2 aromatic carbocycles. The zero-order valence-corrected chi connectivity index (χ0v) is 17.8. The second-order valence-corrected chi connectivity index (χ2v) is 8.14. The molecule has 0 bridgehead atoms. The average Bonchev–Trinajstić information content (AvgIpc) is 3.46. The molecule has 0 fully saturated rings. The molecule has 158 valence electrons. The van der Waals surface area contributed by atoms with Crippen molar-refractivity contribution in [2.45, 2.75) is 18.7 Å². The molecule has 0 aliphatic rings. The van der Waals surface area contributed by atoms with E-state index in [-0.39, 0.29) is 11.7 Å². The Morgan fingerprint density at radius 1 is 1.00 bits per heavy atom. The number of nitrogens with zero attached hydrogens (tertiary/aromatic N) is 3. The molecule has 0 saturated heterocycles. The molecule has 1 N–H and O–H groups in total. The Labute approximate surface area is 184 Å². The van der Waals surface area contributed by atoms with Crippen LogP contribution in [0.2, 0.25) is 0 Å². The summed E-state index contributed by atoms with van der Waals surface area (Å²) in [7, 11) is 0. The van der Waals surface area contributed by atoms with Crippen LogP contribution >= 0.6 is 11.8 Å². The van der Waals surface area contributed by atoms with Crippen LogP contribution in [0.5, 0.6) is 0 Å². The Bertz CT molecular complexity index is 1110. The van der Waals surface area contributed by atoms with Gasteiger partial charge >= 0.3 is 0 Å². The lowest BCUT2D eigenvalue weighted by Crippen LogP contribution is -2.23.